The Morgan fingerprint density at radius 1 is 0.306 bits per heavy atom. The van der Waals surface area contributed by atoms with Crippen LogP contribution in [0.25, 0.3) is 55.0 Å². The summed E-state index contributed by atoms with van der Waals surface area (Å²) in [6.45, 7) is 0.00306. The summed E-state index contributed by atoms with van der Waals surface area (Å²) < 4.78 is 32.0. The molecule has 4 aliphatic heterocycles. The first-order chi connectivity index (χ1) is 30.7. The third kappa shape index (κ3) is 4.20. The molecule has 0 saturated heterocycles. The highest BCUT2D eigenvalue weighted by Gasteiger charge is 2.42. The summed E-state index contributed by atoms with van der Waals surface area (Å²) in [4.78, 5) is 0. The zero-order valence-corrected chi connectivity index (χ0v) is 33.0. The van der Waals surface area contributed by atoms with Crippen LogP contribution in [0.15, 0.2) is 182 Å². The third-order valence-corrected chi connectivity index (χ3v) is 13.5. The maximum atomic E-state index is 6.82. The minimum atomic E-state index is -0.00109. The zero-order valence-electron chi connectivity index (χ0n) is 33.0. The van der Waals surface area contributed by atoms with Crippen molar-refractivity contribution in [1.82, 2.24) is 9.13 Å². The van der Waals surface area contributed by atoms with E-state index < -0.39 is 0 Å². The summed E-state index contributed by atoms with van der Waals surface area (Å²) in [5.41, 5.74) is 13.0. The number of hydrogen-bond donors (Lipinski definition) is 0. The van der Waals surface area contributed by atoms with Gasteiger partial charge in [-0.25, -0.2) is 0 Å². The number of nitrogens with zero attached hydrogens (tertiary/aromatic N) is 2. The average molecular weight is 792 g/mol. The molecule has 6 nitrogen and oxygen atoms in total. The summed E-state index contributed by atoms with van der Waals surface area (Å²) in [5, 5.41) is 4.64. The molecule has 0 radical (unpaired) electrons. The predicted octanol–water partition coefficient (Wildman–Crippen LogP) is 9.34. The molecule has 0 unspecified atom stereocenters. The van der Waals surface area contributed by atoms with Crippen molar-refractivity contribution in [3.05, 3.63) is 182 Å². The lowest BCUT2D eigenvalue weighted by Crippen LogP contribution is -2.57. The smallest absolute Gasteiger partial charge is 0.260 e. The van der Waals surface area contributed by atoms with Gasteiger partial charge in [0, 0.05) is 56.7 Å². The van der Waals surface area contributed by atoms with Gasteiger partial charge in [0.05, 0.1) is 33.4 Å². The van der Waals surface area contributed by atoms with Crippen LogP contribution >= 0.6 is 0 Å². The summed E-state index contributed by atoms with van der Waals surface area (Å²) in [6.07, 6.45) is 0. The van der Waals surface area contributed by atoms with E-state index in [9.17, 15) is 0 Å². The lowest BCUT2D eigenvalue weighted by atomic mass is 9.35. The number of benzene rings is 9. The van der Waals surface area contributed by atoms with Gasteiger partial charge >= 0.3 is 0 Å². The molecule has 0 spiro atoms. The van der Waals surface area contributed by atoms with E-state index in [1.54, 1.807) is 0 Å². The Bertz CT molecular complexity index is 3670. The van der Waals surface area contributed by atoms with Crippen LogP contribution in [0.3, 0.4) is 0 Å². The van der Waals surface area contributed by atoms with Crippen LogP contribution in [0.5, 0.6) is 46.0 Å². The van der Waals surface area contributed by atoms with Gasteiger partial charge in [0.15, 0.2) is 0 Å². The fourth-order valence-corrected chi connectivity index (χ4v) is 11.1. The van der Waals surface area contributed by atoms with E-state index in [1.165, 1.54) is 10.8 Å². The molecule has 6 heterocycles. The zero-order chi connectivity index (χ0) is 40.2. The maximum absolute atomic E-state index is 6.82. The van der Waals surface area contributed by atoms with Crippen molar-refractivity contribution in [2.75, 3.05) is 0 Å². The van der Waals surface area contributed by atoms with Gasteiger partial charge in [-0.2, -0.15) is 0 Å². The SMILES string of the molecule is c1ccc2c(c1)Oc1cc(-n3c4ccccc4c4c3ccc3c5ccccc5n(-c5cc6c7c(c5)Oc5ccccc5B7c5ccccc5O6)c34)cc3c1B2c1ccccc1O3. The Morgan fingerprint density at radius 3 is 1.18 bits per heavy atom. The standard InChI is InChI=1S/C54H30B2N2O4/c1-7-19-40-33(13-1)34-25-26-42-51(54(34)58(40)32-29-49-53-50(30-32)62-46-24-12-6-18-39(46)56(53)38-17-5-11-23-45(38)61-49)35-14-2-8-20-41(35)57(42)31-27-47-52-48(28-31)60-44-22-10-4-16-37(44)55(52)36-15-3-9-21-43(36)59-47/h1-30H. The topological polar surface area (TPSA) is 46.8 Å². The number of rotatable bonds is 2. The first-order valence-electron chi connectivity index (χ1n) is 21.1. The largest absolute Gasteiger partial charge is 0.458 e. The Kier molecular flexibility index (Phi) is 6.23. The van der Waals surface area contributed by atoms with E-state index >= 15 is 0 Å². The van der Waals surface area contributed by atoms with Crippen molar-refractivity contribution in [3.63, 3.8) is 0 Å². The van der Waals surface area contributed by atoms with E-state index in [-0.39, 0.29) is 13.4 Å². The Labute approximate surface area is 355 Å². The second kappa shape index (κ2) is 11.8. The van der Waals surface area contributed by atoms with Crippen molar-refractivity contribution in [2.45, 2.75) is 0 Å². The summed E-state index contributed by atoms with van der Waals surface area (Å²) in [5.74, 6) is 6.70. The predicted molar refractivity (Wildman–Crippen MR) is 250 cm³/mol. The van der Waals surface area contributed by atoms with Crippen LogP contribution in [-0.2, 0) is 0 Å². The van der Waals surface area contributed by atoms with Gasteiger partial charge < -0.3 is 28.1 Å². The van der Waals surface area contributed by atoms with Gasteiger partial charge in [-0.3, -0.25) is 0 Å². The fraction of sp³-hybridized carbons (Fsp3) is 0. The summed E-state index contributed by atoms with van der Waals surface area (Å²) in [7, 11) is 0. The molecule has 15 rings (SSSR count). The van der Waals surface area contributed by atoms with Gasteiger partial charge in [-0.15, -0.1) is 0 Å². The van der Waals surface area contributed by atoms with Crippen molar-refractivity contribution in [3.8, 4) is 57.4 Å². The first-order valence-corrected chi connectivity index (χ1v) is 21.1. The van der Waals surface area contributed by atoms with Crippen molar-refractivity contribution < 1.29 is 18.9 Å². The average Bonchev–Trinajstić information content (AvgIpc) is 3.84. The molecular weight excluding hydrogens is 762 g/mol. The van der Waals surface area contributed by atoms with Gasteiger partial charge in [0.2, 0.25) is 0 Å². The molecule has 8 heteroatoms. The number of para-hydroxylation sites is 6. The number of aromatic nitrogens is 2. The molecule has 0 amide bonds. The molecule has 0 bridgehead atoms. The first kappa shape index (κ1) is 32.7. The Morgan fingerprint density at radius 2 is 0.694 bits per heavy atom. The molecule has 0 fully saturated rings. The number of ether oxygens (including phenoxy) is 4. The van der Waals surface area contributed by atoms with E-state index in [0.29, 0.717) is 0 Å². The van der Waals surface area contributed by atoms with Crippen LogP contribution in [0.4, 0.5) is 0 Å². The van der Waals surface area contributed by atoms with Gasteiger partial charge in [0.1, 0.15) is 46.0 Å². The molecule has 62 heavy (non-hydrogen) atoms. The van der Waals surface area contributed by atoms with Crippen LogP contribution in [0.1, 0.15) is 0 Å². The highest BCUT2D eigenvalue weighted by molar-refractivity contribution is 6.99. The third-order valence-electron chi connectivity index (χ3n) is 13.5. The summed E-state index contributed by atoms with van der Waals surface area (Å²) in [6, 6.07) is 64.3. The highest BCUT2D eigenvalue weighted by Crippen LogP contribution is 2.45. The second-order valence-electron chi connectivity index (χ2n) is 16.7. The number of hydrogen-bond acceptors (Lipinski definition) is 4. The monoisotopic (exact) mass is 792 g/mol. The van der Waals surface area contributed by atoms with Crippen LogP contribution in [-0.4, -0.2) is 22.6 Å². The Hall–Kier alpha value is -8.09. The lowest BCUT2D eigenvalue weighted by molar-refractivity contribution is 0.463. The minimum absolute atomic E-state index is 0.00109. The molecule has 2 aromatic heterocycles. The molecule has 11 aromatic rings. The number of fused-ring (bicyclic) bond motifs is 15. The van der Waals surface area contributed by atoms with Crippen molar-refractivity contribution in [2.24, 2.45) is 0 Å². The molecule has 0 aliphatic carbocycles. The second-order valence-corrected chi connectivity index (χ2v) is 16.7. The maximum Gasteiger partial charge on any atom is 0.260 e. The summed E-state index contributed by atoms with van der Waals surface area (Å²) >= 11 is 0. The Balaban J connectivity index is 1.00. The van der Waals surface area contributed by atoms with E-state index in [0.717, 1.165) is 123 Å². The van der Waals surface area contributed by atoms with Gasteiger partial charge in [0.25, 0.3) is 13.4 Å². The van der Waals surface area contributed by atoms with E-state index in [1.807, 2.05) is 24.3 Å². The molecular formula is C54H30B2N2O4. The van der Waals surface area contributed by atoms with Crippen molar-refractivity contribution >= 4 is 89.8 Å². The molecule has 0 saturated carbocycles. The van der Waals surface area contributed by atoms with Crippen LogP contribution < -0.4 is 51.7 Å². The lowest BCUT2D eigenvalue weighted by Gasteiger charge is -2.33. The normalized spacial score (nSPS) is 13.6. The van der Waals surface area contributed by atoms with Crippen molar-refractivity contribution in [1.29, 1.82) is 0 Å². The molecule has 0 atom stereocenters. The molecule has 9 aromatic carbocycles. The van der Waals surface area contributed by atoms with Gasteiger partial charge in [-0.1, -0.05) is 115 Å². The highest BCUT2D eigenvalue weighted by atomic mass is 16.5. The quantitative estimate of drug-likeness (QED) is 0.164. The van der Waals surface area contributed by atoms with E-state index in [4.69, 9.17) is 18.9 Å². The van der Waals surface area contributed by atoms with E-state index in [2.05, 4.69) is 167 Å². The fourth-order valence-electron chi connectivity index (χ4n) is 11.1. The van der Waals surface area contributed by atoms with Crippen LogP contribution in [0, 0.1) is 0 Å². The molecule has 286 valence electrons. The molecule has 0 N–H and O–H groups in total. The van der Waals surface area contributed by atoms with Gasteiger partial charge in [-0.05, 0) is 64.3 Å². The minimum Gasteiger partial charge on any atom is -0.458 e. The molecule has 4 aliphatic rings. The van der Waals surface area contributed by atoms with Crippen LogP contribution in [0.2, 0.25) is 0 Å².